The second-order valence-corrected chi connectivity index (χ2v) is 12.8. The zero-order chi connectivity index (χ0) is 32.4. The van der Waals surface area contributed by atoms with Gasteiger partial charge in [-0.25, -0.2) is 8.42 Å². The van der Waals surface area contributed by atoms with Crippen molar-refractivity contribution in [3.8, 4) is 5.75 Å². The van der Waals surface area contributed by atoms with E-state index < -0.39 is 28.5 Å². The van der Waals surface area contributed by atoms with Gasteiger partial charge < -0.3 is 15.0 Å². The Labute approximate surface area is 266 Å². The lowest BCUT2D eigenvalue weighted by Crippen LogP contribution is -2.53. The van der Waals surface area contributed by atoms with Gasteiger partial charge in [-0.3, -0.25) is 13.9 Å². The van der Waals surface area contributed by atoms with Crippen molar-refractivity contribution in [1.29, 1.82) is 0 Å². The Morgan fingerprint density at radius 2 is 1.56 bits per heavy atom. The van der Waals surface area contributed by atoms with E-state index in [4.69, 9.17) is 4.74 Å². The molecule has 0 bridgehead atoms. The van der Waals surface area contributed by atoms with E-state index in [2.05, 4.69) is 5.32 Å². The topological polar surface area (TPSA) is 96.0 Å². The van der Waals surface area contributed by atoms with Gasteiger partial charge in [0.05, 0.1) is 17.7 Å². The first kappa shape index (κ1) is 33.3. The number of ether oxygens (including phenoxy) is 1. The number of nitrogens with zero attached hydrogens (tertiary/aromatic N) is 2. The van der Waals surface area contributed by atoms with E-state index in [0.29, 0.717) is 12.3 Å². The van der Waals surface area contributed by atoms with Crippen LogP contribution in [-0.4, -0.2) is 51.4 Å². The monoisotopic (exact) mass is 627 g/mol. The van der Waals surface area contributed by atoms with Crippen molar-refractivity contribution in [3.05, 3.63) is 125 Å². The molecule has 4 aromatic carbocycles. The molecule has 8 nitrogen and oxygen atoms in total. The van der Waals surface area contributed by atoms with Gasteiger partial charge in [-0.15, -0.1) is 0 Å². The van der Waals surface area contributed by atoms with Gasteiger partial charge in [0.15, 0.2) is 0 Å². The number of benzene rings is 4. The molecular weight excluding hydrogens is 586 g/mol. The lowest BCUT2D eigenvalue weighted by molar-refractivity contribution is -0.140. The highest BCUT2D eigenvalue weighted by atomic mass is 32.2. The average Bonchev–Trinajstić information content (AvgIpc) is 3.05. The van der Waals surface area contributed by atoms with Gasteiger partial charge in [0.2, 0.25) is 11.8 Å². The summed E-state index contributed by atoms with van der Waals surface area (Å²) in [5.74, 6) is -0.358. The van der Waals surface area contributed by atoms with Crippen LogP contribution in [0.3, 0.4) is 0 Å². The zero-order valence-corrected chi connectivity index (χ0v) is 27.1. The molecule has 0 aliphatic rings. The molecule has 0 unspecified atom stereocenters. The largest absolute Gasteiger partial charge is 0.497 e. The fraction of sp³-hybridized carbons (Fsp3) is 0.278. The van der Waals surface area contributed by atoms with Crippen LogP contribution in [0.15, 0.2) is 108 Å². The van der Waals surface area contributed by atoms with Crippen LogP contribution in [0.1, 0.15) is 35.6 Å². The van der Waals surface area contributed by atoms with E-state index in [-0.39, 0.29) is 29.5 Å². The summed E-state index contributed by atoms with van der Waals surface area (Å²) in [6.45, 7) is 5.84. The molecule has 0 saturated carbocycles. The molecule has 2 amide bonds. The molecule has 0 heterocycles. The van der Waals surface area contributed by atoms with Crippen LogP contribution in [-0.2, 0) is 32.6 Å². The van der Waals surface area contributed by atoms with Crippen molar-refractivity contribution in [2.75, 3.05) is 24.5 Å². The molecule has 4 rings (SSSR count). The molecule has 0 aliphatic heterocycles. The Morgan fingerprint density at radius 1 is 0.867 bits per heavy atom. The van der Waals surface area contributed by atoms with Gasteiger partial charge in [-0.1, -0.05) is 85.3 Å². The highest BCUT2D eigenvalue weighted by molar-refractivity contribution is 7.92. The fourth-order valence-electron chi connectivity index (χ4n) is 5.02. The number of methoxy groups -OCH3 is 1. The van der Waals surface area contributed by atoms with Crippen molar-refractivity contribution in [2.45, 2.75) is 51.1 Å². The molecule has 9 heteroatoms. The van der Waals surface area contributed by atoms with Crippen molar-refractivity contribution in [1.82, 2.24) is 10.2 Å². The highest BCUT2D eigenvalue weighted by Crippen LogP contribution is 2.28. The molecule has 45 heavy (non-hydrogen) atoms. The predicted octanol–water partition coefficient (Wildman–Crippen LogP) is 5.67. The quantitative estimate of drug-likeness (QED) is 0.194. The predicted molar refractivity (Wildman–Crippen MR) is 178 cm³/mol. The Kier molecular flexibility index (Phi) is 11.4. The van der Waals surface area contributed by atoms with Gasteiger partial charge in [-0.2, -0.15) is 0 Å². The standard InChI is InChI=1S/C36H41N3O5S/c1-5-22-37-36(41)34(23-29-13-7-6-8-14-29)38(25-30-15-10-9-12-28(30)3)35(40)26-39(31-16-11-17-32(24-31)44-4)45(42,43)33-20-18-27(2)19-21-33/h6-21,24,34H,5,22-23,25-26H2,1-4H3,(H,37,41)/t34-/m1/s1. The Morgan fingerprint density at radius 3 is 2.22 bits per heavy atom. The number of rotatable bonds is 14. The number of sulfonamides is 1. The van der Waals surface area contributed by atoms with E-state index >= 15 is 0 Å². The van der Waals surface area contributed by atoms with Crippen LogP contribution in [0.4, 0.5) is 5.69 Å². The van der Waals surface area contributed by atoms with Crippen molar-refractivity contribution < 1.29 is 22.7 Å². The number of nitrogens with one attached hydrogen (secondary N) is 1. The maximum atomic E-state index is 14.5. The SMILES string of the molecule is CCCNC(=O)[C@@H](Cc1ccccc1)N(Cc1ccccc1C)C(=O)CN(c1cccc(OC)c1)S(=O)(=O)c1ccc(C)cc1. The molecule has 0 aliphatic carbocycles. The smallest absolute Gasteiger partial charge is 0.264 e. The second kappa shape index (κ2) is 15.4. The molecule has 0 fully saturated rings. The minimum atomic E-state index is -4.19. The molecular formula is C36H41N3O5S. The summed E-state index contributed by atoms with van der Waals surface area (Å²) in [6.07, 6.45) is 0.992. The van der Waals surface area contributed by atoms with E-state index in [1.807, 2.05) is 75.4 Å². The number of amides is 2. The number of carbonyl (C=O) groups is 2. The highest BCUT2D eigenvalue weighted by Gasteiger charge is 2.34. The summed E-state index contributed by atoms with van der Waals surface area (Å²) in [7, 11) is -2.70. The van der Waals surface area contributed by atoms with Gasteiger partial charge in [0.1, 0.15) is 18.3 Å². The molecule has 4 aromatic rings. The first-order chi connectivity index (χ1) is 21.6. The number of carbonyl (C=O) groups excluding carboxylic acids is 2. The van der Waals surface area contributed by atoms with Crippen LogP contribution in [0.25, 0.3) is 0 Å². The van der Waals surface area contributed by atoms with Crippen LogP contribution in [0.5, 0.6) is 5.75 Å². The molecule has 236 valence electrons. The summed E-state index contributed by atoms with van der Waals surface area (Å²) in [6, 6.07) is 29.4. The number of hydrogen-bond acceptors (Lipinski definition) is 5. The summed E-state index contributed by atoms with van der Waals surface area (Å²) in [4.78, 5) is 29.9. The van der Waals surface area contributed by atoms with E-state index in [1.54, 1.807) is 36.4 Å². The normalized spacial score (nSPS) is 11.8. The Bertz CT molecular complexity index is 1690. The fourth-order valence-corrected chi connectivity index (χ4v) is 6.43. The van der Waals surface area contributed by atoms with Crippen molar-refractivity contribution >= 4 is 27.5 Å². The summed E-state index contributed by atoms with van der Waals surface area (Å²) in [5, 5.41) is 2.97. The first-order valence-corrected chi connectivity index (χ1v) is 16.5. The van der Waals surface area contributed by atoms with Crippen LogP contribution in [0.2, 0.25) is 0 Å². The molecule has 1 N–H and O–H groups in total. The van der Waals surface area contributed by atoms with Gasteiger partial charge in [-0.05, 0) is 61.2 Å². The molecule has 0 spiro atoms. The molecule has 1 atom stereocenters. The average molecular weight is 628 g/mol. The lowest BCUT2D eigenvalue weighted by atomic mass is 10.0. The minimum Gasteiger partial charge on any atom is -0.497 e. The first-order valence-electron chi connectivity index (χ1n) is 15.0. The van der Waals surface area contributed by atoms with Gasteiger partial charge in [0, 0.05) is 25.6 Å². The number of anilines is 1. The molecule has 0 saturated heterocycles. The molecule has 0 aromatic heterocycles. The summed E-state index contributed by atoms with van der Waals surface area (Å²) in [5.41, 5.74) is 3.88. The van der Waals surface area contributed by atoms with Gasteiger partial charge >= 0.3 is 0 Å². The van der Waals surface area contributed by atoms with Crippen LogP contribution >= 0.6 is 0 Å². The van der Waals surface area contributed by atoms with Crippen molar-refractivity contribution in [2.24, 2.45) is 0 Å². The van der Waals surface area contributed by atoms with E-state index in [1.165, 1.54) is 24.1 Å². The van der Waals surface area contributed by atoms with Gasteiger partial charge in [0.25, 0.3) is 10.0 Å². The third-order valence-corrected chi connectivity index (χ3v) is 9.44. The number of hydrogen-bond donors (Lipinski definition) is 1. The van der Waals surface area contributed by atoms with E-state index in [9.17, 15) is 18.0 Å². The maximum absolute atomic E-state index is 14.5. The maximum Gasteiger partial charge on any atom is 0.264 e. The van der Waals surface area contributed by atoms with Crippen LogP contribution < -0.4 is 14.4 Å². The summed E-state index contributed by atoms with van der Waals surface area (Å²) < 4.78 is 34.9. The minimum absolute atomic E-state index is 0.0516. The third kappa shape index (κ3) is 8.51. The van der Waals surface area contributed by atoms with Crippen molar-refractivity contribution in [3.63, 3.8) is 0 Å². The Balaban J connectivity index is 1.82. The lowest BCUT2D eigenvalue weighted by Gasteiger charge is -2.34. The third-order valence-electron chi connectivity index (χ3n) is 7.65. The van der Waals surface area contributed by atoms with Crippen LogP contribution in [0, 0.1) is 13.8 Å². The molecule has 0 radical (unpaired) electrons. The number of aryl methyl sites for hydroxylation is 2. The second-order valence-electron chi connectivity index (χ2n) is 11.0. The Hall–Kier alpha value is -4.63. The summed E-state index contributed by atoms with van der Waals surface area (Å²) >= 11 is 0. The zero-order valence-electron chi connectivity index (χ0n) is 26.3. The van der Waals surface area contributed by atoms with E-state index in [0.717, 1.165) is 33.0 Å².